The molecule has 0 radical (unpaired) electrons. The van der Waals surface area contributed by atoms with Crippen LogP contribution in [-0.2, 0) is 16.4 Å². The number of hydrogen-bond donors (Lipinski definition) is 2. The maximum atomic E-state index is 12.3. The fourth-order valence-electron chi connectivity index (χ4n) is 2.80. The molecule has 1 heterocycles. The van der Waals surface area contributed by atoms with Crippen LogP contribution in [0, 0.1) is 5.92 Å². The fraction of sp³-hybridized carbons (Fsp3) is 0.278. The summed E-state index contributed by atoms with van der Waals surface area (Å²) in [6.45, 7) is 1.06. The zero-order valence-electron chi connectivity index (χ0n) is 13.9. The molecule has 2 aromatic rings. The molecule has 2 aromatic carbocycles. The van der Waals surface area contributed by atoms with Crippen molar-refractivity contribution in [1.29, 1.82) is 0 Å². The van der Waals surface area contributed by atoms with Gasteiger partial charge in [0, 0.05) is 23.7 Å². The summed E-state index contributed by atoms with van der Waals surface area (Å²) in [5.41, 5.74) is 1.92. The Morgan fingerprint density at radius 3 is 2.80 bits per heavy atom. The van der Waals surface area contributed by atoms with Crippen LogP contribution in [-0.4, -0.2) is 33.7 Å². The van der Waals surface area contributed by atoms with Gasteiger partial charge in [-0.1, -0.05) is 24.3 Å². The third-order valence-electron chi connectivity index (χ3n) is 3.94. The number of nitrogens with one attached hydrogen (secondary N) is 2. The van der Waals surface area contributed by atoms with Crippen molar-refractivity contribution in [2.24, 2.45) is 5.92 Å². The van der Waals surface area contributed by atoms with Crippen molar-refractivity contribution in [1.82, 2.24) is 5.32 Å². The number of carbonyl (C=O) groups excluding carboxylic acids is 1. The zero-order chi connectivity index (χ0) is 17.9. The minimum atomic E-state index is -3.38. The summed E-state index contributed by atoms with van der Waals surface area (Å²) in [6, 6.07) is 14.3. The normalized spacial score (nSPS) is 16.4. The van der Waals surface area contributed by atoms with Crippen molar-refractivity contribution in [2.75, 3.05) is 24.1 Å². The van der Waals surface area contributed by atoms with Crippen LogP contribution < -0.4 is 14.8 Å². The Morgan fingerprint density at radius 2 is 2.00 bits per heavy atom. The predicted molar refractivity (Wildman–Crippen MR) is 96.4 cm³/mol. The lowest BCUT2D eigenvalue weighted by atomic mass is 9.96. The molecule has 0 aromatic heterocycles. The molecule has 0 bridgehead atoms. The number of carbonyl (C=O) groups is 1. The van der Waals surface area contributed by atoms with E-state index < -0.39 is 10.0 Å². The van der Waals surface area contributed by atoms with Gasteiger partial charge in [-0.2, -0.15) is 0 Å². The van der Waals surface area contributed by atoms with Crippen molar-refractivity contribution in [3.63, 3.8) is 0 Å². The van der Waals surface area contributed by atoms with E-state index in [1.165, 1.54) is 6.07 Å². The van der Waals surface area contributed by atoms with E-state index in [0.717, 1.165) is 24.0 Å². The lowest BCUT2D eigenvalue weighted by molar-refractivity contribution is 0.0939. The molecular formula is C18H20N2O4S. The van der Waals surface area contributed by atoms with Crippen LogP contribution in [0.1, 0.15) is 15.9 Å². The molecule has 1 amide bonds. The third kappa shape index (κ3) is 4.73. The number of amides is 1. The molecule has 1 atom stereocenters. The average Bonchev–Trinajstić information content (AvgIpc) is 2.58. The van der Waals surface area contributed by atoms with E-state index in [1.54, 1.807) is 18.2 Å². The summed E-state index contributed by atoms with van der Waals surface area (Å²) >= 11 is 0. The molecule has 132 valence electrons. The highest BCUT2D eigenvalue weighted by atomic mass is 32.2. The molecule has 1 aliphatic rings. The van der Waals surface area contributed by atoms with Crippen molar-refractivity contribution < 1.29 is 17.9 Å². The maximum Gasteiger partial charge on any atom is 0.251 e. The standard InChI is InChI=1S/C18H20N2O4S/c1-25(22,23)20-16-7-4-6-15(10-16)18(21)19-11-13-9-14-5-2-3-8-17(14)24-12-13/h2-8,10,13,20H,9,11-12H2,1H3,(H,19,21). The van der Waals surface area contributed by atoms with Crippen LogP contribution >= 0.6 is 0 Å². The Kier molecular flexibility index (Phi) is 4.94. The second-order valence-corrected chi connectivity index (χ2v) is 7.90. The van der Waals surface area contributed by atoms with E-state index in [1.807, 2.05) is 24.3 Å². The summed E-state index contributed by atoms with van der Waals surface area (Å²) in [7, 11) is -3.38. The summed E-state index contributed by atoms with van der Waals surface area (Å²) in [6.07, 6.45) is 1.92. The van der Waals surface area contributed by atoms with Crippen LogP contribution in [0.15, 0.2) is 48.5 Å². The first-order chi connectivity index (χ1) is 11.9. The number of anilines is 1. The monoisotopic (exact) mass is 360 g/mol. The van der Waals surface area contributed by atoms with Gasteiger partial charge in [-0.05, 0) is 36.2 Å². The smallest absolute Gasteiger partial charge is 0.251 e. The van der Waals surface area contributed by atoms with E-state index in [0.29, 0.717) is 24.4 Å². The van der Waals surface area contributed by atoms with Gasteiger partial charge < -0.3 is 10.1 Å². The highest BCUT2D eigenvalue weighted by molar-refractivity contribution is 7.92. The van der Waals surface area contributed by atoms with Crippen molar-refractivity contribution in [3.8, 4) is 5.75 Å². The van der Waals surface area contributed by atoms with Gasteiger partial charge in [0.15, 0.2) is 0 Å². The molecule has 25 heavy (non-hydrogen) atoms. The van der Waals surface area contributed by atoms with Crippen molar-refractivity contribution in [2.45, 2.75) is 6.42 Å². The molecule has 0 fully saturated rings. The molecule has 0 saturated carbocycles. The minimum absolute atomic E-state index is 0.205. The topological polar surface area (TPSA) is 84.5 Å². The lowest BCUT2D eigenvalue weighted by Crippen LogP contribution is -2.34. The predicted octanol–water partition coefficient (Wildman–Crippen LogP) is 2.04. The van der Waals surface area contributed by atoms with E-state index >= 15 is 0 Å². The Labute approximate surface area is 147 Å². The Hall–Kier alpha value is -2.54. The summed E-state index contributed by atoms with van der Waals surface area (Å²) in [4.78, 5) is 12.3. The van der Waals surface area contributed by atoms with Gasteiger partial charge in [-0.3, -0.25) is 9.52 Å². The number of ether oxygens (including phenoxy) is 1. The fourth-order valence-corrected chi connectivity index (χ4v) is 3.35. The molecule has 0 saturated heterocycles. The first-order valence-electron chi connectivity index (χ1n) is 7.97. The van der Waals surface area contributed by atoms with E-state index in [-0.39, 0.29) is 11.8 Å². The molecular weight excluding hydrogens is 340 g/mol. The lowest BCUT2D eigenvalue weighted by Gasteiger charge is -2.25. The highest BCUT2D eigenvalue weighted by Gasteiger charge is 2.20. The number of para-hydroxylation sites is 1. The first-order valence-corrected chi connectivity index (χ1v) is 9.86. The van der Waals surface area contributed by atoms with E-state index in [2.05, 4.69) is 10.0 Å². The Balaban J connectivity index is 1.59. The largest absolute Gasteiger partial charge is 0.493 e. The van der Waals surface area contributed by atoms with Gasteiger partial charge >= 0.3 is 0 Å². The zero-order valence-corrected chi connectivity index (χ0v) is 14.7. The van der Waals surface area contributed by atoms with Gasteiger partial charge in [-0.25, -0.2) is 8.42 Å². The van der Waals surface area contributed by atoms with E-state index in [9.17, 15) is 13.2 Å². The highest BCUT2D eigenvalue weighted by Crippen LogP contribution is 2.26. The van der Waals surface area contributed by atoms with E-state index in [4.69, 9.17) is 4.74 Å². The van der Waals surface area contributed by atoms with Crippen LogP contribution in [0.2, 0.25) is 0 Å². The second kappa shape index (κ2) is 7.14. The molecule has 7 heteroatoms. The molecule has 1 aliphatic heterocycles. The first kappa shape index (κ1) is 17.3. The Bertz CT molecular complexity index is 880. The third-order valence-corrected chi connectivity index (χ3v) is 4.54. The van der Waals surface area contributed by atoms with Gasteiger partial charge in [-0.15, -0.1) is 0 Å². The molecule has 0 aliphatic carbocycles. The minimum Gasteiger partial charge on any atom is -0.493 e. The van der Waals surface area contributed by atoms with Crippen LogP contribution in [0.4, 0.5) is 5.69 Å². The van der Waals surface area contributed by atoms with Gasteiger partial charge in [0.05, 0.1) is 12.9 Å². The summed E-state index contributed by atoms with van der Waals surface area (Å²) in [5, 5.41) is 2.89. The summed E-state index contributed by atoms with van der Waals surface area (Å²) in [5.74, 6) is 0.872. The number of sulfonamides is 1. The summed E-state index contributed by atoms with van der Waals surface area (Å²) < 4.78 is 30.7. The number of hydrogen-bond acceptors (Lipinski definition) is 4. The molecule has 3 rings (SSSR count). The molecule has 1 unspecified atom stereocenters. The van der Waals surface area contributed by atoms with Crippen LogP contribution in [0.3, 0.4) is 0 Å². The second-order valence-electron chi connectivity index (χ2n) is 6.15. The van der Waals surface area contributed by atoms with Gasteiger partial charge in [0.25, 0.3) is 5.91 Å². The number of rotatable bonds is 5. The number of benzene rings is 2. The van der Waals surface area contributed by atoms with Gasteiger partial charge in [0.1, 0.15) is 5.75 Å². The molecule has 6 nitrogen and oxygen atoms in total. The maximum absolute atomic E-state index is 12.3. The number of fused-ring (bicyclic) bond motifs is 1. The molecule has 0 spiro atoms. The Morgan fingerprint density at radius 1 is 1.20 bits per heavy atom. The molecule has 2 N–H and O–H groups in total. The quantitative estimate of drug-likeness (QED) is 0.855. The van der Waals surface area contributed by atoms with Crippen LogP contribution in [0.5, 0.6) is 5.75 Å². The van der Waals surface area contributed by atoms with Crippen molar-refractivity contribution in [3.05, 3.63) is 59.7 Å². The van der Waals surface area contributed by atoms with Crippen molar-refractivity contribution >= 4 is 21.6 Å². The van der Waals surface area contributed by atoms with Crippen LogP contribution in [0.25, 0.3) is 0 Å². The average molecular weight is 360 g/mol. The van der Waals surface area contributed by atoms with Gasteiger partial charge in [0.2, 0.25) is 10.0 Å². The SMILES string of the molecule is CS(=O)(=O)Nc1cccc(C(=O)NCC2COc3ccccc3C2)c1.